The summed E-state index contributed by atoms with van der Waals surface area (Å²) in [6.45, 7) is 12.1. The fourth-order valence-corrected chi connectivity index (χ4v) is 10.7. The van der Waals surface area contributed by atoms with Crippen molar-refractivity contribution in [3.63, 3.8) is 0 Å². The summed E-state index contributed by atoms with van der Waals surface area (Å²) in [4.78, 5) is 4.52. The van der Waals surface area contributed by atoms with E-state index in [0.717, 1.165) is 29.6 Å². The van der Waals surface area contributed by atoms with Gasteiger partial charge >= 0.3 is 8.32 Å². The van der Waals surface area contributed by atoms with Crippen molar-refractivity contribution >= 4 is 18.7 Å². The molecule has 0 fully saturated rings. The molecule has 0 saturated heterocycles. The van der Waals surface area contributed by atoms with E-state index < -0.39 is 14.1 Å². The highest BCUT2D eigenvalue weighted by Gasteiger charge is 2.52. The highest BCUT2D eigenvalue weighted by molar-refractivity contribution is 7.00. The third-order valence-corrected chi connectivity index (χ3v) is 13.8. The topological polar surface area (TPSA) is 51.6 Å². The van der Waals surface area contributed by atoms with E-state index >= 15 is 4.39 Å². The Morgan fingerprint density at radius 2 is 1.18 bits per heavy atom. The van der Waals surface area contributed by atoms with E-state index in [2.05, 4.69) is 88.1 Å². The van der Waals surface area contributed by atoms with Crippen LogP contribution in [0.1, 0.15) is 112 Å². The summed E-state index contributed by atoms with van der Waals surface area (Å²) in [6.07, 6.45) is 16.2. The number of aliphatic hydroxyl groups excluding tert-OH is 1. The van der Waals surface area contributed by atoms with Crippen LogP contribution in [-0.4, -0.2) is 31.6 Å². The number of unbranched alkanes of at least 4 members (excludes halogenated alkanes) is 10. The van der Waals surface area contributed by atoms with E-state index in [4.69, 9.17) is 14.3 Å². The summed E-state index contributed by atoms with van der Waals surface area (Å²) < 4.78 is 28.6. The molecule has 0 saturated carbocycles. The number of ether oxygens (including phenoxy) is 1. The molecule has 6 heteroatoms. The molecule has 0 radical (unpaired) electrons. The number of hydrogen-bond acceptors (Lipinski definition) is 4. The van der Waals surface area contributed by atoms with Crippen LogP contribution in [0, 0.1) is 5.82 Å². The maximum atomic E-state index is 15.6. The van der Waals surface area contributed by atoms with E-state index in [1.165, 1.54) is 63.9 Å². The molecule has 0 aliphatic carbocycles. The van der Waals surface area contributed by atoms with Gasteiger partial charge in [0.25, 0.3) is 0 Å². The van der Waals surface area contributed by atoms with Gasteiger partial charge in [-0.05, 0) is 40.4 Å². The van der Waals surface area contributed by atoms with Crippen LogP contribution >= 0.6 is 0 Å². The average molecular weight is 686 g/mol. The fraction of sp³-hybridized carbons (Fsp3) is 0.465. The van der Waals surface area contributed by atoms with Crippen LogP contribution < -0.4 is 19.5 Å². The van der Waals surface area contributed by atoms with Crippen molar-refractivity contribution in [1.29, 1.82) is 0 Å². The lowest BCUT2D eigenvalue weighted by molar-refractivity contribution is 0.282. The minimum absolute atomic E-state index is 0.219. The lowest BCUT2D eigenvalue weighted by Gasteiger charge is -2.43. The Kier molecular flexibility index (Phi) is 17.6. The zero-order valence-electron chi connectivity index (χ0n) is 30.7. The number of halogens is 1. The third kappa shape index (κ3) is 12.1. The van der Waals surface area contributed by atoms with Gasteiger partial charge in [0.1, 0.15) is 17.2 Å². The molecular formula is C43H60FNO3Si. The highest BCUT2D eigenvalue weighted by atomic mass is 28.4. The molecule has 0 amide bonds. The van der Waals surface area contributed by atoms with Crippen LogP contribution in [0.15, 0.2) is 97.2 Å². The summed E-state index contributed by atoms with van der Waals surface area (Å²) in [5, 5.41) is 10.5. The molecule has 0 aliphatic heterocycles. The molecule has 4 nitrogen and oxygen atoms in total. The van der Waals surface area contributed by atoms with Crippen LogP contribution in [0.2, 0.25) is 5.04 Å². The number of nitrogens with zero attached hydrogens (tertiary/aromatic N) is 1. The molecule has 0 spiro atoms. The van der Waals surface area contributed by atoms with E-state index in [9.17, 15) is 0 Å². The van der Waals surface area contributed by atoms with E-state index in [0.29, 0.717) is 30.3 Å². The van der Waals surface area contributed by atoms with Crippen molar-refractivity contribution in [2.24, 2.45) is 0 Å². The first-order valence-electron chi connectivity index (χ1n) is 18.6. The number of pyridine rings is 1. The Balaban J connectivity index is 0.000000635. The van der Waals surface area contributed by atoms with E-state index in [-0.39, 0.29) is 10.7 Å². The normalized spacial score (nSPS) is 11.5. The number of rotatable bonds is 19. The molecule has 0 bridgehead atoms. The lowest BCUT2D eigenvalue weighted by atomic mass is 10.1. The number of aromatic nitrogens is 1. The zero-order chi connectivity index (χ0) is 35.4. The van der Waals surface area contributed by atoms with Crippen LogP contribution in [0.25, 0.3) is 11.3 Å². The van der Waals surface area contributed by atoms with Crippen molar-refractivity contribution in [3.05, 3.63) is 103 Å². The molecule has 0 atom stereocenters. The molecular weight excluding hydrogens is 626 g/mol. The first-order valence-corrected chi connectivity index (χ1v) is 20.5. The highest BCUT2D eigenvalue weighted by Crippen LogP contribution is 2.40. The molecule has 1 heterocycles. The predicted molar refractivity (Wildman–Crippen MR) is 207 cm³/mol. The molecule has 4 rings (SSSR count). The van der Waals surface area contributed by atoms with Crippen molar-refractivity contribution < 1.29 is 18.7 Å². The van der Waals surface area contributed by atoms with Gasteiger partial charge in [0.05, 0.1) is 12.8 Å². The van der Waals surface area contributed by atoms with Crippen LogP contribution in [0.4, 0.5) is 4.39 Å². The molecule has 1 aromatic heterocycles. The quantitative estimate of drug-likeness (QED) is 0.0788. The minimum Gasteiger partial charge on any atom is -0.534 e. The molecule has 266 valence electrons. The SMILES string of the molecule is CCCCCCCCO.CCCCCCCCOc1cnc(-c2ccccc2O[Si](c2ccccc2)(c2ccccc2)C(C)(C)C)c(F)c1. The standard InChI is InChI=1S/C35H42FNO2Si.C8H18O/c1-5-6-7-8-9-18-25-38-28-26-32(36)34(37-27-28)31-23-16-17-24-33(31)39-40(35(2,3)4,29-19-12-10-13-20-29)30-21-14-11-15-22-30;1-2-3-4-5-6-7-8-9/h10-17,19-24,26-27H,5-9,18,25H2,1-4H3;9H,2-8H2,1H3. The fourth-order valence-electron chi connectivity index (χ4n) is 6.23. The van der Waals surface area contributed by atoms with Crippen LogP contribution in [0.5, 0.6) is 11.5 Å². The number of benzene rings is 3. The van der Waals surface area contributed by atoms with Crippen molar-refractivity contribution in [2.75, 3.05) is 13.2 Å². The lowest BCUT2D eigenvalue weighted by Crippen LogP contribution is -2.68. The van der Waals surface area contributed by atoms with Gasteiger partial charge in [-0.15, -0.1) is 0 Å². The average Bonchev–Trinajstić information content (AvgIpc) is 3.11. The Morgan fingerprint density at radius 1 is 0.673 bits per heavy atom. The van der Waals surface area contributed by atoms with Gasteiger partial charge in [0, 0.05) is 18.2 Å². The molecule has 0 aliphatic rings. The van der Waals surface area contributed by atoms with Gasteiger partial charge in [-0.25, -0.2) is 9.37 Å². The molecule has 0 unspecified atom stereocenters. The molecule has 4 aromatic rings. The summed E-state index contributed by atoms with van der Waals surface area (Å²) in [7, 11) is -2.89. The first kappa shape index (κ1) is 40.0. The Hall–Kier alpha value is -3.48. The summed E-state index contributed by atoms with van der Waals surface area (Å²) in [5.74, 6) is 0.670. The number of para-hydroxylation sites is 1. The van der Waals surface area contributed by atoms with Gasteiger partial charge in [0.15, 0.2) is 5.82 Å². The van der Waals surface area contributed by atoms with Crippen molar-refractivity contribution in [1.82, 2.24) is 4.98 Å². The maximum absolute atomic E-state index is 15.6. The van der Waals surface area contributed by atoms with Gasteiger partial charge in [-0.1, -0.05) is 172 Å². The minimum atomic E-state index is -2.89. The second-order valence-electron chi connectivity index (χ2n) is 13.9. The third-order valence-electron chi connectivity index (χ3n) is 8.92. The van der Waals surface area contributed by atoms with Gasteiger partial charge in [-0.3, -0.25) is 0 Å². The summed E-state index contributed by atoms with van der Waals surface area (Å²) in [6, 6.07) is 30.0. The summed E-state index contributed by atoms with van der Waals surface area (Å²) >= 11 is 0. The van der Waals surface area contributed by atoms with Gasteiger partial charge < -0.3 is 14.3 Å². The number of aliphatic hydroxyl groups is 1. The molecule has 49 heavy (non-hydrogen) atoms. The van der Waals surface area contributed by atoms with Crippen molar-refractivity contribution in [3.8, 4) is 22.8 Å². The van der Waals surface area contributed by atoms with Gasteiger partial charge in [0.2, 0.25) is 0 Å². The molecule has 3 aromatic carbocycles. The molecule has 1 N–H and O–H groups in total. The second-order valence-corrected chi connectivity index (χ2v) is 18.1. The summed E-state index contributed by atoms with van der Waals surface area (Å²) in [5.41, 5.74) is 0.899. The van der Waals surface area contributed by atoms with E-state index in [1.807, 2.05) is 36.4 Å². The second kappa shape index (κ2) is 21.6. The zero-order valence-corrected chi connectivity index (χ0v) is 31.7. The Morgan fingerprint density at radius 3 is 1.71 bits per heavy atom. The largest absolute Gasteiger partial charge is 0.534 e. The smallest absolute Gasteiger partial charge is 0.319 e. The Labute approximate surface area is 297 Å². The van der Waals surface area contributed by atoms with Crippen LogP contribution in [0.3, 0.4) is 0 Å². The van der Waals surface area contributed by atoms with Gasteiger partial charge in [-0.2, -0.15) is 0 Å². The first-order chi connectivity index (χ1) is 23.8. The number of hydrogen-bond donors (Lipinski definition) is 1. The maximum Gasteiger partial charge on any atom is 0.319 e. The van der Waals surface area contributed by atoms with Crippen molar-refractivity contribution in [2.45, 2.75) is 117 Å². The Bertz CT molecular complexity index is 1410. The monoisotopic (exact) mass is 685 g/mol. The predicted octanol–water partition coefficient (Wildman–Crippen LogP) is 10.9. The van der Waals surface area contributed by atoms with E-state index in [1.54, 1.807) is 6.20 Å². The van der Waals surface area contributed by atoms with Crippen LogP contribution in [-0.2, 0) is 0 Å².